The summed E-state index contributed by atoms with van der Waals surface area (Å²) in [4.78, 5) is 23.7. The molecule has 0 saturated carbocycles. The van der Waals surface area contributed by atoms with Crippen molar-refractivity contribution in [2.24, 2.45) is 0 Å². The van der Waals surface area contributed by atoms with Crippen LogP contribution in [0, 0.1) is 0 Å². The lowest BCUT2D eigenvalue weighted by atomic mass is 10.1. The maximum absolute atomic E-state index is 12.8. The van der Waals surface area contributed by atoms with E-state index in [4.69, 9.17) is 23.4 Å². The van der Waals surface area contributed by atoms with Crippen LogP contribution >= 0.6 is 0 Å². The summed E-state index contributed by atoms with van der Waals surface area (Å²) in [6.45, 7) is 8.41. The lowest BCUT2D eigenvalue weighted by molar-refractivity contribution is 0.0299. The highest BCUT2D eigenvalue weighted by molar-refractivity contribution is 5.92. The highest BCUT2D eigenvalue weighted by Crippen LogP contribution is 2.26. The molecule has 10 heteroatoms. The van der Waals surface area contributed by atoms with E-state index in [1.165, 1.54) is 6.26 Å². The van der Waals surface area contributed by atoms with Crippen molar-refractivity contribution in [2.45, 2.75) is 13.1 Å². The number of hydrogen-bond acceptors (Lipinski definition) is 9. The van der Waals surface area contributed by atoms with Gasteiger partial charge in [-0.15, -0.1) is 0 Å². The van der Waals surface area contributed by atoms with Crippen molar-refractivity contribution in [3.05, 3.63) is 41.6 Å². The minimum Gasteiger partial charge on any atom is -0.497 e. The van der Waals surface area contributed by atoms with Gasteiger partial charge in [0.15, 0.2) is 5.69 Å². The fraction of sp³-hybridized carbons (Fsp3) is 0.583. The fourth-order valence-corrected chi connectivity index (χ4v) is 4.17. The second-order valence-electron chi connectivity index (χ2n) is 8.37. The van der Waals surface area contributed by atoms with Crippen LogP contribution < -0.4 is 9.47 Å². The lowest BCUT2D eigenvalue weighted by Gasteiger charge is -2.30. The standard InChI is InChI=1S/C24H34N4O6/c1-30-20-3-4-22(31-2)19(15-20)16-27(6-5-26-7-11-32-12-8-26)17-23-25-21(18-34-23)24(29)28-9-13-33-14-10-28/h3-4,15,18H,5-14,16-17H2,1-2H3. The van der Waals surface area contributed by atoms with Crippen LogP contribution in [0.15, 0.2) is 28.9 Å². The van der Waals surface area contributed by atoms with Crippen LogP contribution in [-0.4, -0.2) is 106 Å². The zero-order chi connectivity index (χ0) is 23.8. The van der Waals surface area contributed by atoms with Crippen LogP contribution in [0.3, 0.4) is 0 Å². The topological polar surface area (TPSA) is 89.7 Å². The van der Waals surface area contributed by atoms with Crippen molar-refractivity contribution in [1.29, 1.82) is 0 Å². The molecule has 2 aromatic rings. The van der Waals surface area contributed by atoms with Gasteiger partial charge in [0.25, 0.3) is 5.91 Å². The van der Waals surface area contributed by atoms with E-state index in [1.54, 1.807) is 19.1 Å². The first-order chi connectivity index (χ1) is 16.7. The van der Waals surface area contributed by atoms with Crippen LogP contribution in [0.25, 0.3) is 0 Å². The molecule has 10 nitrogen and oxygen atoms in total. The number of hydrogen-bond donors (Lipinski definition) is 0. The zero-order valence-electron chi connectivity index (χ0n) is 20.0. The molecule has 186 valence electrons. The molecule has 0 aliphatic carbocycles. The van der Waals surface area contributed by atoms with Gasteiger partial charge >= 0.3 is 0 Å². The molecule has 34 heavy (non-hydrogen) atoms. The summed E-state index contributed by atoms with van der Waals surface area (Å²) in [6, 6.07) is 5.79. The van der Waals surface area contributed by atoms with Crippen LogP contribution in [0.4, 0.5) is 0 Å². The number of benzene rings is 1. The Kier molecular flexibility index (Phi) is 8.75. The molecule has 3 heterocycles. The first-order valence-electron chi connectivity index (χ1n) is 11.7. The maximum atomic E-state index is 12.8. The number of oxazole rings is 1. The molecule has 1 aromatic heterocycles. The third-order valence-corrected chi connectivity index (χ3v) is 6.15. The van der Waals surface area contributed by atoms with Gasteiger partial charge in [0.2, 0.25) is 5.89 Å². The molecule has 2 fully saturated rings. The van der Waals surface area contributed by atoms with E-state index in [-0.39, 0.29) is 5.91 Å². The summed E-state index contributed by atoms with van der Waals surface area (Å²) in [5, 5.41) is 0. The predicted octanol–water partition coefficient (Wildman–Crippen LogP) is 1.50. The first kappa shape index (κ1) is 24.5. The summed E-state index contributed by atoms with van der Waals surface area (Å²) in [6.07, 6.45) is 1.46. The van der Waals surface area contributed by atoms with Gasteiger partial charge in [0.1, 0.15) is 17.8 Å². The highest BCUT2D eigenvalue weighted by atomic mass is 16.5. The smallest absolute Gasteiger partial charge is 0.275 e. The Morgan fingerprint density at radius 2 is 1.76 bits per heavy atom. The third kappa shape index (κ3) is 6.47. The fourth-order valence-electron chi connectivity index (χ4n) is 4.17. The minimum absolute atomic E-state index is 0.118. The Bertz CT molecular complexity index is 924. The molecule has 2 aliphatic rings. The number of amides is 1. The van der Waals surface area contributed by atoms with Gasteiger partial charge < -0.3 is 28.3 Å². The molecular weight excluding hydrogens is 440 g/mol. The molecule has 4 rings (SSSR count). The van der Waals surface area contributed by atoms with Crippen molar-refractivity contribution in [3.8, 4) is 11.5 Å². The first-order valence-corrected chi connectivity index (χ1v) is 11.7. The van der Waals surface area contributed by atoms with Crippen molar-refractivity contribution < 1.29 is 28.2 Å². The Morgan fingerprint density at radius 3 is 2.47 bits per heavy atom. The molecule has 0 N–H and O–H groups in total. The van der Waals surface area contributed by atoms with Crippen LogP contribution in [0.1, 0.15) is 21.9 Å². The van der Waals surface area contributed by atoms with E-state index in [1.807, 2.05) is 18.2 Å². The summed E-state index contributed by atoms with van der Waals surface area (Å²) < 4.78 is 27.5. The minimum atomic E-state index is -0.118. The second-order valence-corrected chi connectivity index (χ2v) is 8.37. The molecule has 0 atom stereocenters. The third-order valence-electron chi connectivity index (χ3n) is 6.15. The summed E-state index contributed by atoms with van der Waals surface area (Å²) >= 11 is 0. The van der Waals surface area contributed by atoms with Crippen LogP contribution in [0.2, 0.25) is 0 Å². The predicted molar refractivity (Wildman–Crippen MR) is 124 cm³/mol. The monoisotopic (exact) mass is 474 g/mol. The van der Waals surface area contributed by atoms with E-state index in [2.05, 4.69) is 14.8 Å². The van der Waals surface area contributed by atoms with Gasteiger partial charge in [0.05, 0.1) is 47.2 Å². The van der Waals surface area contributed by atoms with Crippen LogP contribution in [0.5, 0.6) is 11.5 Å². The Labute approximate surface area is 200 Å². The Hall–Kier alpha value is -2.66. The molecule has 0 spiro atoms. The highest BCUT2D eigenvalue weighted by Gasteiger charge is 2.23. The lowest BCUT2D eigenvalue weighted by Crippen LogP contribution is -2.41. The molecule has 0 radical (unpaired) electrons. The quantitative estimate of drug-likeness (QED) is 0.508. The molecule has 0 unspecified atom stereocenters. The number of methoxy groups -OCH3 is 2. The van der Waals surface area contributed by atoms with E-state index in [0.29, 0.717) is 51.0 Å². The van der Waals surface area contributed by atoms with Crippen molar-refractivity contribution in [3.63, 3.8) is 0 Å². The van der Waals surface area contributed by atoms with Crippen LogP contribution in [-0.2, 0) is 22.6 Å². The van der Waals surface area contributed by atoms with Gasteiger partial charge in [-0.3, -0.25) is 14.6 Å². The summed E-state index contributed by atoms with van der Waals surface area (Å²) in [7, 11) is 3.32. The van der Waals surface area contributed by atoms with E-state index in [9.17, 15) is 4.79 Å². The van der Waals surface area contributed by atoms with Gasteiger partial charge in [-0.05, 0) is 18.2 Å². The van der Waals surface area contributed by atoms with Gasteiger partial charge in [-0.1, -0.05) is 0 Å². The zero-order valence-corrected chi connectivity index (χ0v) is 20.0. The van der Waals surface area contributed by atoms with Crippen molar-refractivity contribution in [1.82, 2.24) is 19.7 Å². The summed E-state index contributed by atoms with van der Waals surface area (Å²) in [5.41, 5.74) is 1.35. The number of rotatable bonds is 10. The van der Waals surface area contributed by atoms with E-state index < -0.39 is 0 Å². The molecule has 1 aromatic carbocycles. The average molecular weight is 475 g/mol. The molecule has 2 aliphatic heterocycles. The summed E-state index contributed by atoms with van der Waals surface area (Å²) in [5.74, 6) is 1.97. The van der Waals surface area contributed by atoms with Crippen molar-refractivity contribution >= 4 is 5.91 Å². The largest absolute Gasteiger partial charge is 0.497 e. The second kappa shape index (κ2) is 12.2. The van der Waals surface area contributed by atoms with Gasteiger partial charge in [0, 0.05) is 51.4 Å². The Balaban J connectivity index is 1.46. The molecule has 2 saturated heterocycles. The number of ether oxygens (including phenoxy) is 4. The normalized spacial score (nSPS) is 17.2. The van der Waals surface area contributed by atoms with Gasteiger partial charge in [-0.25, -0.2) is 4.98 Å². The number of carbonyl (C=O) groups is 1. The average Bonchev–Trinajstić information content (AvgIpc) is 3.36. The number of nitrogens with zero attached hydrogens (tertiary/aromatic N) is 4. The van der Waals surface area contributed by atoms with Gasteiger partial charge in [-0.2, -0.15) is 0 Å². The van der Waals surface area contributed by atoms with E-state index in [0.717, 1.165) is 56.5 Å². The molecule has 0 bridgehead atoms. The maximum Gasteiger partial charge on any atom is 0.275 e. The number of morpholine rings is 2. The number of carbonyl (C=O) groups excluding carboxylic acids is 1. The Morgan fingerprint density at radius 1 is 1.03 bits per heavy atom. The molecular formula is C24H34N4O6. The van der Waals surface area contributed by atoms with E-state index >= 15 is 0 Å². The molecule has 1 amide bonds. The van der Waals surface area contributed by atoms with Crippen molar-refractivity contribution in [2.75, 3.05) is 79.9 Å². The SMILES string of the molecule is COc1ccc(OC)c(CN(CCN2CCOCC2)Cc2nc(C(=O)N3CCOCC3)co2)c1. The number of aromatic nitrogens is 1.